The van der Waals surface area contributed by atoms with Gasteiger partial charge in [-0.05, 0) is 31.5 Å². The average Bonchev–Trinajstić information content (AvgIpc) is 2.39. The Labute approximate surface area is 115 Å². The fourth-order valence-corrected chi connectivity index (χ4v) is 2.68. The van der Waals surface area contributed by atoms with Crippen LogP contribution < -0.4 is 11.1 Å². The van der Waals surface area contributed by atoms with Crippen molar-refractivity contribution < 1.29 is 13.4 Å². The summed E-state index contributed by atoms with van der Waals surface area (Å²) in [6, 6.07) is 3.94. The Hall–Kier alpha value is -1.43. The van der Waals surface area contributed by atoms with Gasteiger partial charge < -0.3 is 11.1 Å². The molecule has 2 unspecified atom stereocenters. The molecule has 0 spiro atoms. The van der Waals surface area contributed by atoms with E-state index in [4.69, 9.17) is 5.73 Å². The number of nitrogen functional groups attached to an aromatic ring is 1. The van der Waals surface area contributed by atoms with E-state index >= 15 is 0 Å². The minimum Gasteiger partial charge on any atom is -0.399 e. The van der Waals surface area contributed by atoms with Crippen LogP contribution in [0.5, 0.6) is 0 Å². The number of nitrogens with two attached hydrogens (primary N) is 1. The second kappa shape index (κ2) is 7.23. The van der Waals surface area contributed by atoms with E-state index < -0.39 is 27.8 Å². The van der Waals surface area contributed by atoms with Gasteiger partial charge in [0.25, 0.3) is 0 Å². The maximum Gasteiger partial charge on any atom is 0.239 e. The molecule has 106 valence electrons. The molecule has 0 aliphatic rings. The molecule has 0 aromatic heterocycles. The second-order valence-electron chi connectivity index (χ2n) is 4.31. The van der Waals surface area contributed by atoms with Crippen molar-refractivity contribution in [2.75, 3.05) is 16.8 Å². The SMILES string of the molecule is CCCCS(=O)C(C)C(=O)Nc1cc(N)ccc1F. The standard InChI is InChI=1S/C13H19FN2O2S/c1-3-4-7-19(18)9(2)13(17)16-12-8-10(15)5-6-11(12)14/h5-6,8-9H,3-4,7,15H2,1-2H3,(H,16,17). The molecule has 1 rings (SSSR count). The molecule has 4 nitrogen and oxygen atoms in total. The third-order valence-corrected chi connectivity index (χ3v) is 4.40. The largest absolute Gasteiger partial charge is 0.399 e. The van der Waals surface area contributed by atoms with Crippen molar-refractivity contribution in [1.82, 2.24) is 0 Å². The molecule has 0 aliphatic heterocycles. The van der Waals surface area contributed by atoms with Gasteiger partial charge >= 0.3 is 0 Å². The summed E-state index contributed by atoms with van der Waals surface area (Å²) < 4.78 is 25.3. The molecule has 0 radical (unpaired) electrons. The van der Waals surface area contributed by atoms with Crippen LogP contribution >= 0.6 is 0 Å². The van der Waals surface area contributed by atoms with Crippen LogP contribution in [0.3, 0.4) is 0 Å². The summed E-state index contributed by atoms with van der Waals surface area (Å²) in [5.41, 5.74) is 5.90. The number of carbonyl (C=O) groups excluding carboxylic acids is 1. The molecule has 19 heavy (non-hydrogen) atoms. The molecule has 3 N–H and O–H groups in total. The Morgan fingerprint density at radius 3 is 2.84 bits per heavy atom. The van der Waals surface area contributed by atoms with Crippen LogP contribution in [0, 0.1) is 5.82 Å². The zero-order valence-corrected chi connectivity index (χ0v) is 11.9. The predicted molar refractivity (Wildman–Crippen MR) is 76.8 cm³/mol. The number of unbranched alkanes of at least 4 members (excludes halogenated alkanes) is 1. The Morgan fingerprint density at radius 2 is 2.21 bits per heavy atom. The Balaban J connectivity index is 2.68. The van der Waals surface area contributed by atoms with Crippen molar-refractivity contribution in [3.05, 3.63) is 24.0 Å². The number of nitrogens with one attached hydrogen (secondary N) is 1. The van der Waals surface area contributed by atoms with Gasteiger partial charge in [-0.2, -0.15) is 0 Å². The van der Waals surface area contributed by atoms with Gasteiger partial charge in [-0.1, -0.05) is 13.3 Å². The smallest absolute Gasteiger partial charge is 0.239 e. The Morgan fingerprint density at radius 1 is 1.53 bits per heavy atom. The maximum absolute atomic E-state index is 13.5. The van der Waals surface area contributed by atoms with E-state index in [9.17, 15) is 13.4 Å². The molecule has 2 atom stereocenters. The highest BCUT2D eigenvalue weighted by molar-refractivity contribution is 7.86. The summed E-state index contributed by atoms with van der Waals surface area (Å²) in [5, 5.41) is 1.75. The van der Waals surface area contributed by atoms with Crippen molar-refractivity contribution in [1.29, 1.82) is 0 Å². The first-order valence-corrected chi connectivity index (χ1v) is 7.57. The summed E-state index contributed by atoms with van der Waals surface area (Å²) in [6.07, 6.45) is 1.72. The van der Waals surface area contributed by atoms with E-state index in [2.05, 4.69) is 5.32 Å². The van der Waals surface area contributed by atoms with Crippen molar-refractivity contribution in [2.45, 2.75) is 31.9 Å². The molecule has 1 aromatic rings. The third kappa shape index (κ3) is 4.63. The lowest BCUT2D eigenvalue weighted by atomic mass is 10.2. The lowest BCUT2D eigenvalue weighted by molar-refractivity contribution is -0.115. The van der Waals surface area contributed by atoms with E-state index in [1.54, 1.807) is 6.92 Å². The topological polar surface area (TPSA) is 72.2 Å². The minimum absolute atomic E-state index is 0.0179. The van der Waals surface area contributed by atoms with E-state index in [-0.39, 0.29) is 5.69 Å². The number of halogens is 1. The fourth-order valence-electron chi connectivity index (χ4n) is 1.46. The number of benzene rings is 1. The van der Waals surface area contributed by atoms with Gasteiger partial charge in [0, 0.05) is 22.2 Å². The highest BCUT2D eigenvalue weighted by Crippen LogP contribution is 2.18. The summed E-state index contributed by atoms with van der Waals surface area (Å²) in [4.78, 5) is 11.9. The number of hydrogen-bond donors (Lipinski definition) is 2. The molecule has 0 fully saturated rings. The van der Waals surface area contributed by atoms with Gasteiger partial charge in [-0.25, -0.2) is 4.39 Å². The van der Waals surface area contributed by atoms with Crippen LogP contribution in [0.15, 0.2) is 18.2 Å². The Kier molecular flexibility index (Phi) is 5.95. The highest BCUT2D eigenvalue weighted by Gasteiger charge is 2.20. The first kappa shape index (κ1) is 15.6. The van der Waals surface area contributed by atoms with Crippen LogP contribution in [0.1, 0.15) is 26.7 Å². The summed E-state index contributed by atoms with van der Waals surface area (Å²) in [5.74, 6) is -0.544. The van der Waals surface area contributed by atoms with Crippen LogP contribution in [0.25, 0.3) is 0 Å². The maximum atomic E-state index is 13.5. The molecule has 0 aliphatic carbocycles. The van der Waals surface area contributed by atoms with Crippen molar-refractivity contribution in [2.24, 2.45) is 0 Å². The van der Waals surface area contributed by atoms with E-state index in [0.29, 0.717) is 11.4 Å². The molecule has 0 bridgehead atoms. The monoisotopic (exact) mass is 286 g/mol. The average molecular weight is 286 g/mol. The first-order chi connectivity index (χ1) is 8.95. The molecule has 0 saturated heterocycles. The predicted octanol–water partition coefficient (Wildman–Crippen LogP) is 2.28. The first-order valence-electron chi connectivity index (χ1n) is 6.18. The number of hydrogen-bond acceptors (Lipinski definition) is 3. The van der Waals surface area contributed by atoms with Crippen LogP contribution in [0.4, 0.5) is 15.8 Å². The summed E-state index contributed by atoms with van der Waals surface area (Å²) >= 11 is 0. The van der Waals surface area contributed by atoms with Gasteiger partial charge in [0.2, 0.25) is 5.91 Å². The summed E-state index contributed by atoms with van der Waals surface area (Å²) in [6.45, 7) is 3.56. The van der Waals surface area contributed by atoms with Gasteiger partial charge in [0.15, 0.2) is 0 Å². The molecule has 0 saturated carbocycles. The minimum atomic E-state index is -1.25. The van der Waals surface area contributed by atoms with Crippen LogP contribution in [0.2, 0.25) is 0 Å². The molecule has 1 aromatic carbocycles. The normalized spacial score (nSPS) is 13.8. The van der Waals surface area contributed by atoms with Crippen LogP contribution in [-0.2, 0) is 15.6 Å². The van der Waals surface area contributed by atoms with E-state index in [1.165, 1.54) is 18.2 Å². The van der Waals surface area contributed by atoms with Crippen LogP contribution in [-0.4, -0.2) is 21.1 Å². The summed E-state index contributed by atoms with van der Waals surface area (Å²) in [7, 11) is -1.25. The molecular formula is C13H19FN2O2S. The van der Waals surface area contributed by atoms with Gasteiger partial charge in [0.05, 0.1) is 5.69 Å². The lowest BCUT2D eigenvalue weighted by Gasteiger charge is -2.12. The highest BCUT2D eigenvalue weighted by atomic mass is 32.2. The number of amides is 1. The second-order valence-corrected chi connectivity index (χ2v) is 6.19. The van der Waals surface area contributed by atoms with Crippen molar-refractivity contribution >= 4 is 28.1 Å². The fraction of sp³-hybridized carbons (Fsp3) is 0.462. The van der Waals surface area contributed by atoms with E-state index in [0.717, 1.165) is 12.8 Å². The molecular weight excluding hydrogens is 267 g/mol. The Bertz CT molecular complexity index is 480. The zero-order chi connectivity index (χ0) is 14.4. The van der Waals surface area contributed by atoms with Gasteiger partial charge in [-0.15, -0.1) is 0 Å². The number of carbonyl (C=O) groups is 1. The molecule has 1 amide bonds. The number of anilines is 2. The molecule has 0 heterocycles. The van der Waals surface area contributed by atoms with E-state index in [1.807, 2.05) is 6.92 Å². The number of rotatable bonds is 6. The molecule has 6 heteroatoms. The van der Waals surface area contributed by atoms with Gasteiger partial charge in [-0.3, -0.25) is 9.00 Å². The van der Waals surface area contributed by atoms with Crippen molar-refractivity contribution in [3.63, 3.8) is 0 Å². The zero-order valence-electron chi connectivity index (χ0n) is 11.1. The lowest BCUT2D eigenvalue weighted by Crippen LogP contribution is -2.30. The quantitative estimate of drug-likeness (QED) is 0.788. The third-order valence-electron chi connectivity index (χ3n) is 2.71. The van der Waals surface area contributed by atoms with Crippen molar-refractivity contribution in [3.8, 4) is 0 Å². The van der Waals surface area contributed by atoms with Gasteiger partial charge in [0.1, 0.15) is 11.1 Å².